The number of rotatable bonds is 2. The predicted octanol–water partition coefficient (Wildman–Crippen LogP) is 2.98. The number of halogens is 9. The molecule has 0 heterocycles. The lowest BCUT2D eigenvalue weighted by Gasteiger charge is -2.46. The Morgan fingerprint density at radius 1 is 0.950 bits per heavy atom. The molecule has 0 aromatic carbocycles. The van der Waals surface area contributed by atoms with Crippen LogP contribution in [0.25, 0.3) is 0 Å². The Balaban J connectivity index is 3.41. The summed E-state index contributed by atoms with van der Waals surface area (Å²) in [5.74, 6) is -27.5. The van der Waals surface area contributed by atoms with Crippen LogP contribution in [0.15, 0.2) is 12.7 Å². The second-order valence-corrected chi connectivity index (χ2v) is 3.86. The van der Waals surface area contributed by atoms with E-state index in [1.54, 1.807) is 0 Å². The normalized spacial score (nSPS) is 33.2. The van der Waals surface area contributed by atoms with E-state index in [0.29, 0.717) is 0 Å². The minimum absolute atomic E-state index is 0.0891. The van der Waals surface area contributed by atoms with Gasteiger partial charge in [0.1, 0.15) is 0 Å². The van der Waals surface area contributed by atoms with Gasteiger partial charge in [0, 0.05) is 6.08 Å². The van der Waals surface area contributed by atoms with Gasteiger partial charge in [0.05, 0.1) is 0 Å². The minimum Gasteiger partial charge on any atom is -0.449 e. The van der Waals surface area contributed by atoms with E-state index in [1.165, 1.54) is 0 Å². The molecule has 0 bridgehead atoms. The van der Waals surface area contributed by atoms with Gasteiger partial charge in [-0.05, 0) is 0 Å². The van der Waals surface area contributed by atoms with Gasteiger partial charge in [-0.15, -0.1) is 0 Å². The van der Waals surface area contributed by atoms with Crippen molar-refractivity contribution in [3.8, 4) is 0 Å². The van der Waals surface area contributed by atoms with E-state index in [4.69, 9.17) is 0 Å². The van der Waals surface area contributed by atoms with E-state index in [0.717, 1.165) is 0 Å². The van der Waals surface area contributed by atoms with Gasteiger partial charge in [0.15, 0.2) is 0 Å². The van der Waals surface area contributed by atoms with Crippen molar-refractivity contribution in [2.45, 2.75) is 36.0 Å². The van der Waals surface area contributed by atoms with Crippen LogP contribution in [0, 0.1) is 0 Å². The van der Waals surface area contributed by atoms with Crippen molar-refractivity contribution in [1.82, 2.24) is 0 Å². The van der Waals surface area contributed by atoms with E-state index >= 15 is 0 Å². The lowest BCUT2D eigenvalue weighted by molar-refractivity contribution is -0.428. The summed E-state index contributed by atoms with van der Waals surface area (Å²) in [6, 6.07) is 0. The van der Waals surface area contributed by atoms with Gasteiger partial charge in [-0.25, -0.2) is 9.18 Å². The fourth-order valence-corrected chi connectivity index (χ4v) is 1.45. The molecular formula is C9H5F9O2. The topological polar surface area (TPSA) is 26.3 Å². The van der Waals surface area contributed by atoms with Gasteiger partial charge in [-0.1, -0.05) is 6.58 Å². The van der Waals surface area contributed by atoms with Gasteiger partial charge in [0.25, 0.3) is 0 Å². The summed E-state index contributed by atoms with van der Waals surface area (Å²) in [6.07, 6.45) is -8.53. The van der Waals surface area contributed by atoms with E-state index in [9.17, 15) is 44.3 Å². The number of carbonyl (C=O) groups is 1. The molecular weight excluding hydrogens is 311 g/mol. The van der Waals surface area contributed by atoms with Crippen LogP contribution in [-0.4, -0.2) is 41.9 Å². The van der Waals surface area contributed by atoms with Gasteiger partial charge < -0.3 is 4.74 Å². The maximum absolute atomic E-state index is 13.1. The zero-order valence-corrected chi connectivity index (χ0v) is 9.16. The van der Waals surface area contributed by atoms with Crippen molar-refractivity contribution in [3.05, 3.63) is 12.7 Å². The largest absolute Gasteiger partial charge is 0.449 e. The second-order valence-electron chi connectivity index (χ2n) is 3.86. The first-order valence-corrected chi connectivity index (χ1v) is 4.73. The highest BCUT2D eigenvalue weighted by Gasteiger charge is 2.90. The third-order valence-corrected chi connectivity index (χ3v) is 2.61. The van der Waals surface area contributed by atoms with Crippen LogP contribution in [0.3, 0.4) is 0 Å². The molecule has 11 heteroatoms. The molecule has 1 fully saturated rings. The molecule has 1 saturated carbocycles. The van der Waals surface area contributed by atoms with Crippen molar-refractivity contribution in [2.75, 3.05) is 0 Å². The number of ether oxygens (including phenoxy) is 1. The summed E-state index contributed by atoms with van der Waals surface area (Å²) in [4.78, 5) is 10.6. The Morgan fingerprint density at radius 3 is 1.75 bits per heavy atom. The summed E-state index contributed by atoms with van der Waals surface area (Å²) < 4.78 is 120. The third-order valence-electron chi connectivity index (χ3n) is 2.61. The molecule has 20 heavy (non-hydrogen) atoms. The summed E-state index contributed by atoms with van der Waals surface area (Å²) >= 11 is 0. The number of esters is 1. The smallest absolute Gasteiger partial charge is 0.382 e. The first-order valence-electron chi connectivity index (χ1n) is 4.73. The van der Waals surface area contributed by atoms with Crippen LogP contribution in [-0.2, 0) is 9.53 Å². The van der Waals surface area contributed by atoms with Gasteiger partial charge in [-0.2, -0.15) is 35.1 Å². The molecule has 116 valence electrons. The molecule has 2 nitrogen and oxygen atoms in total. The first kappa shape index (κ1) is 16.6. The summed E-state index contributed by atoms with van der Waals surface area (Å²) in [5, 5.41) is 0. The fourth-order valence-electron chi connectivity index (χ4n) is 1.45. The molecule has 0 aliphatic heterocycles. The highest BCUT2D eigenvalue weighted by Crippen LogP contribution is 2.61. The monoisotopic (exact) mass is 316 g/mol. The highest BCUT2D eigenvalue weighted by molar-refractivity contribution is 5.81. The Labute approximate surface area is 105 Å². The van der Waals surface area contributed by atoms with E-state index in [1.807, 2.05) is 0 Å². The van der Waals surface area contributed by atoms with Crippen molar-refractivity contribution in [3.63, 3.8) is 0 Å². The molecule has 1 aliphatic carbocycles. The molecule has 0 aromatic heterocycles. The molecule has 0 radical (unpaired) electrons. The first-order chi connectivity index (χ1) is 8.75. The summed E-state index contributed by atoms with van der Waals surface area (Å²) in [5.41, 5.74) is 0. The van der Waals surface area contributed by atoms with E-state index < -0.39 is 41.9 Å². The maximum atomic E-state index is 13.1. The molecule has 0 N–H and O–H groups in total. The van der Waals surface area contributed by atoms with Crippen molar-refractivity contribution >= 4 is 5.97 Å². The Hall–Kier alpha value is -1.42. The molecule has 0 aromatic rings. The van der Waals surface area contributed by atoms with Crippen molar-refractivity contribution in [2.24, 2.45) is 0 Å². The van der Waals surface area contributed by atoms with Crippen LogP contribution in [0.1, 0.15) is 0 Å². The fraction of sp³-hybridized carbons (Fsp3) is 0.667. The van der Waals surface area contributed by atoms with Crippen LogP contribution in [0.4, 0.5) is 39.5 Å². The third kappa shape index (κ3) is 1.78. The zero-order chi connectivity index (χ0) is 16.1. The molecule has 1 rings (SSSR count). The van der Waals surface area contributed by atoms with Crippen molar-refractivity contribution in [1.29, 1.82) is 0 Å². The lowest BCUT2D eigenvalue weighted by Crippen LogP contribution is -2.76. The van der Waals surface area contributed by atoms with Crippen LogP contribution >= 0.6 is 0 Å². The van der Waals surface area contributed by atoms with Gasteiger partial charge in [-0.3, -0.25) is 0 Å². The van der Waals surface area contributed by atoms with E-state index in [2.05, 4.69) is 11.3 Å². The second kappa shape index (κ2) is 4.29. The van der Waals surface area contributed by atoms with Crippen LogP contribution < -0.4 is 0 Å². The zero-order valence-electron chi connectivity index (χ0n) is 9.16. The minimum atomic E-state index is -6.67. The van der Waals surface area contributed by atoms with Gasteiger partial charge in [0.2, 0.25) is 12.3 Å². The summed E-state index contributed by atoms with van der Waals surface area (Å²) in [7, 11) is 0. The standard InChI is InChI=1S/C9H5F9O2/c1-2-3(19)20-5-4(10)6(11,12)8(15,16)9(17,18)7(5,13)14/h2,4-5H,1H2. The highest BCUT2D eigenvalue weighted by atomic mass is 19.4. The van der Waals surface area contributed by atoms with Crippen LogP contribution in [0.5, 0.6) is 0 Å². The maximum Gasteiger partial charge on any atom is 0.382 e. The average molecular weight is 316 g/mol. The lowest BCUT2D eigenvalue weighted by atomic mass is 9.82. The SMILES string of the molecule is C=CC(=O)OC1C(F)C(F)(F)C(F)(F)C(F)(F)C1(F)F. The molecule has 2 unspecified atom stereocenters. The molecule has 0 saturated heterocycles. The Morgan fingerprint density at radius 2 is 1.35 bits per heavy atom. The molecule has 2 atom stereocenters. The molecule has 0 spiro atoms. The average Bonchev–Trinajstić information content (AvgIpc) is 2.32. The predicted molar refractivity (Wildman–Crippen MR) is 44.8 cm³/mol. The summed E-state index contributed by atoms with van der Waals surface area (Å²) in [6.45, 7) is 2.64. The van der Waals surface area contributed by atoms with E-state index in [-0.39, 0.29) is 6.08 Å². The Kier molecular flexibility index (Phi) is 3.56. The molecule has 0 amide bonds. The quantitative estimate of drug-likeness (QED) is 0.445. The number of hydrogen-bond donors (Lipinski definition) is 0. The number of carbonyl (C=O) groups excluding carboxylic acids is 1. The van der Waals surface area contributed by atoms with Crippen molar-refractivity contribution < 1.29 is 49.0 Å². The number of alkyl halides is 9. The van der Waals surface area contributed by atoms with Gasteiger partial charge >= 0.3 is 29.7 Å². The van der Waals surface area contributed by atoms with Crippen LogP contribution in [0.2, 0.25) is 0 Å². The Bertz CT molecular complexity index is 431. The molecule has 1 aliphatic rings. The number of hydrogen-bond acceptors (Lipinski definition) is 2.